The van der Waals surface area contributed by atoms with Gasteiger partial charge in [0.1, 0.15) is 5.69 Å². The molecule has 8 heteroatoms. The number of anilines is 1. The molecule has 0 saturated heterocycles. The first-order valence-corrected chi connectivity index (χ1v) is 5.93. The monoisotopic (exact) mass is 257 g/mol. The van der Waals surface area contributed by atoms with Crippen molar-refractivity contribution in [3.8, 4) is 0 Å². The lowest BCUT2D eigenvalue weighted by Crippen LogP contribution is -2.33. The molecule has 0 aromatic carbocycles. The molecule has 0 aliphatic carbocycles. The second-order valence-electron chi connectivity index (χ2n) is 3.23. The Morgan fingerprint density at radius 1 is 1.65 bits per heavy atom. The van der Waals surface area contributed by atoms with Crippen molar-refractivity contribution in [2.75, 3.05) is 25.9 Å². The highest BCUT2D eigenvalue weighted by atomic mass is 32.1. The Balaban J connectivity index is 2.54. The summed E-state index contributed by atoms with van der Waals surface area (Å²) in [5.41, 5.74) is 5.60. The largest absolute Gasteiger partial charge is 0.410 e. The Hall–Kier alpha value is -1.67. The summed E-state index contributed by atoms with van der Waals surface area (Å²) in [5.74, 6) is -0.464. The molecule has 17 heavy (non-hydrogen) atoms. The third kappa shape index (κ3) is 4.00. The second-order valence-corrected chi connectivity index (χ2v) is 4.12. The number of carbonyl (C=O) groups excluding carboxylic acids is 1. The van der Waals surface area contributed by atoms with Crippen molar-refractivity contribution in [1.82, 2.24) is 15.6 Å². The SMILES string of the molecule is CNCCCNC(=O)/C(=N/O)c1csc(N)n1. The molecule has 0 fully saturated rings. The van der Waals surface area contributed by atoms with Crippen molar-refractivity contribution in [2.24, 2.45) is 5.16 Å². The summed E-state index contributed by atoms with van der Waals surface area (Å²) in [6, 6.07) is 0. The fourth-order valence-corrected chi connectivity index (χ4v) is 1.71. The third-order valence-corrected chi connectivity index (χ3v) is 2.64. The molecular formula is C9H15N5O2S. The number of nitrogen functional groups attached to an aromatic ring is 1. The topological polar surface area (TPSA) is 113 Å². The number of hydrogen-bond donors (Lipinski definition) is 4. The van der Waals surface area contributed by atoms with Crippen LogP contribution < -0.4 is 16.4 Å². The summed E-state index contributed by atoms with van der Waals surface area (Å²) in [6.45, 7) is 1.30. The van der Waals surface area contributed by atoms with Gasteiger partial charge in [-0.3, -0.25) is 4.79 Å². The van der Waals surface area contributed by atoms with Gasteiger partial charge in [0, 0.05) is 11.9 Å². The zero-order chi connectivity index (χ0) is 12.7. The van der Waals surface area contributed by atoms with Gasteiger partial charge in [-0.1, -0.05) is 5.16 Å². The molecule has 0 aliphatic rings. The van der Waals surface area contributed by atoms with Gasteiger partial charge in [-0.25, -0.2) is 4.98 Å². The summed E-state index contributed by atoms with van der Waals surface area (Å²) in [4.78, 5) is 15.5. The van der Waals surface area contributed by atoms with Crippen molar-refractivity contribution in [2.45, 2.75) is 6.42 Å². The number of amides is 1. The van der Waals surface area contributed by atoms with E-state index in [9.17, 15) is 4.79 Å². The lowest BCUT2D eigenvalue weighted by molar-refractivity contribution is -0.114. The minimum absolute atomic E-state index is 0.123. The molecular weight excluding hydrogens is 242 g/mol. The maximum Gasteiger partial charge on any atom is 0.275 e. The molecule has 5 N–H and O–H groups in total. The van der Waals surface area contributed by atoms with Crippen molar-refractivity contribution in [3.05, 3.63) is 11.1 Å². The smallest absolute Gasteiger partial charge is 0.275 e. The van der Waals surface area contributed by atoms with Crippen LogP contribution in [0.3, 0.4) is 0 Å². The number of nitrogens with two attached hydrogens (primary N) is 1. The van der Waals surface area contributed by atoms with Crippen molar-refractivity contribution >= 4 is 28.1 Å². The van der Waals surface area contributed by atoms with Gasteiger partial charge in [-0.2, -0.15) is 0 Å². The van der Waals surface area contributed by atoms with Gasteiger partial charge >= 0.3 is 0 Å². The van der Waals surface area contributed by atoms with Gasteiger partial charge in [0.25, 0.3) is 5.91 Å². The van der Waals surface area contributed by atoms with Crippen LogP contribution in [0, 0.1) is 0 Å². The quantitative estimate of drug-likeness (QED) is 0.240. The maximum atomic E-state index is 11.6. The standard InChI is InChI=1S/C9H15N5O2S/c1-11-3-2-4-12-8(15)7(14-16)6-5-17-9(10)13-6/h5,11,16H,2-4H2,1H3,(H2,10,13)(H,12,15)/b14-7+. The van der Waals surface area contributed by atoms with E-state index in [-0.39, 0.29) is 11.4 Å². The van der Waals surface area contributed by atoms with E-state index >= 15 is 0 Å². The number of hydrogen-bond acceptors (Lipinski definition) is 7. The van der Waals surface area contributed by atoms with Crippen LogP contribution in [-0.2, 0) is 4.79 Å². The van der Waals surface area contributed by atoms with Crippen LogP contribution >= 0.6 is 11.3 Å². The molecule has 0 aliphatic heterocycles. The van der Waals surface area contributed by atoms with E-state index in [0.29, 0.717) is 11.7 Å². The summed E-state index contributed by atoms with van der Waals surface area (Å²) < 4.78 is 0. The Morgan fingerprint density at radius 3 is 2.94 bits per heavy atom. The average Bonchev–Trinajstić information content (AvgIpc) is 2.72. The lowest BCUT2D eigenvalue weighted by atomic mass is 10.2. The minimum Gasteiger partial charge on any atom is -0.410 e. The molecule has 0 atom stereocenters. The second kappa shape index (κ2) is 6.81. The van der Waals surface area contributed by atoms with Gasteiger partial charge in [0.2, 0.25) is 0 Å². The molecule has 1 aromatic rings. The van der Waals surface area contributed by atoms with Gasteiger partial charge in [-0.15, -0.1) is 11.3 Å². The summed E-state index contributed by atoms with van der Waals surface area (Å²) in [6.07, 6.45) is 0.792. The Kier molecular flexibility index (Phi) is 5.37. The molecule has 94 valence electrons. The number of oxime groups is 1. The number of aromatic nitrogens is 1. The van der Waals surface area contributed by atoms with Gasteiger partial charge in [-0.05, 0) is 20.0 Å². The predicted molar refractivity (Wildman–Crippen MR) is 66.4 cm³/mol. The fraction of sp³-hybridized carbons (Fsp3) is 0.444. The lowest BCUT2D eigenvalue weighted by Gasteiger charge is -2.04. The molecule has 1 heterocycles. The zero-order valence-corrected chi connectivity index (χ0v) is 10.3. The number of nitrogens with one attached hydrogen (secondary N) is 2. The number of rotatable bonds is 6. The normalized spacial score (nSPS) is 11.5. The van der Waals surface area contributed by atoms with E-state index < -0.39 is 5.91 Å². The van der Waals surface area contributed by atoms with Crippen LogP contribution in [0.2, 0.25) is 0 Å². The average molecular weight is 257 g/mol. The van der Waals surface area contributed by atoms with Crippen molar-refractivity contribution in [3.63, 3.8) is 0 Å². The van der Waals surface area contributed by atoms with E-state index in [1.54, 1.807) is 5.38 Å². The van der Waals surface area contributed by atoms with E-state index in [0.717, 1.165) is 13.0 Å². The number of thiazole rings is 1. The third-order valence-electron chi connectivity index (χ3n) is 1.97. The highest BCUT2D eigenvalue weighted by Crippen LogP contribution is 2.11. The minimum atomic E-state index is -0.464. The van der Waals surface area contributed by atoms with Crippen LogP contribution in [0.5, 0.6) is 0 Å². The van der Waals surface area contributed by atoms with E-state index in [2.05, 4.69) is 20.8 Å². The first-order chi connectivity index (χ1) is 8.19. The summed E-state index contributed by atoms with van der Waals surface area (Å²) >= 11 is 1.18. The van der Waals surface area contributed by atoms with Crippen molar-refractivity contribution < 1.29 is 10.0 Å². The molecule has 1 aromatic heterocycles. The van der Waals surface area contributed by atoms with Gasteiger partial charge in [0.05, 0.1) is 0 Å². The number of nitrogens with zero attached hydrogens (tertiary/aromatic N) is 2. The Morgan fingerprint density at radius 2 is 2.41 bits per heavy atom. The first-order valence-electron chi connectivity index (χ1n) is 5.05. The van der Waals surface area contributed by atoms with Crippen LogP contribution in [0.25, 0.3) is 0 Å². The highest BCUT2D eigenvalue weighted by Gasteiger charge is 2.17. The van der Waals surface area contributed by atoms with E-state index in [4.69, 9.17) is 10.9 Å². The highest BCUT2D eigenvalue weighted by molar-refractivity contribution is 7.13. The predicted octanol–water partition coefficient (Wildman–Crippen LogP) is -0.371. The fourth-order valence-electron chi connectivity index (χ4n) is 1.16. The molecule has 0 bridgehead atoms. The maximum absolute atomic E-state index is 11.6. The van der Waals surface area contributed by atoms with Crippen LogP contribution in [0.15, 0.2) is 10.5 Å². The molecule has 0 radical (unpaired) electrons. The molecule has 1 rings (SSSR count). The molecule has 0 unspecified atom stereocenters. The van der Waals surface area contributed by atoms with Crippen LogP contribution in [-0.4, -0.2) is 41.9 Å². The van der Waals surface area contributed by atoms with Gasteiger partial charge < -0.3 is 21.6 Å². The summed E-state index contributed by atoms with van der Waals surface area (Å²) in [5, 5.41) is 19.2. The molecule has 7 nitrogen and oxygen atoms in total. The number of carbonyl (C=O) groups is 1. The molecule has 0 spiro atoms. The molecule has 1 amide bonds. The van der Waals surface area contributed by atoms with E-state index in [1.807, 2.05) is 7.05 Å². The zero-order valence-electron chi connectivity index (χ0n) is 9.43. The Bertz CT molecular complexity index is 404. The van der Waals surface area contributed by atoms with Gasteiger partial charge in [0.15, 0.2) is 10.8 Å². The van der Waals surface area contributed by atoms with Crippen molar-refractivity contribution in [1.29, 1.82) is 0 Å². The molecule has 0 saturated carbocycles. The van der Waals surface area contributed by atoms with Crippen LogP contribution in [0.1, 0.15) is 12.1 Å². The summed E-state index contributed by atoms with van der Waals surface area (Å²) in [7, 11) is 1.83. The van der Waals surface area contributed by atoms with Crippen LogP contribution in [0.4, 0.5) is 5.13 Å². The van der Waals surface area contributed by atoms with E-state index in [1.165, 1.54) is 11.3 Å². The first kappa shape index (κ1) is 13.4. The Labute approximate surface area is 103 Å².